The van der Waals surface area contributed by atoms with Crippen molar-refractivity contribution in [2.45, 2.75) is 12.8 Å². The highest BCUT2D eigenvalue weighted by atomic mass is 35.5. The van der Waals surface area contributed by atoms with Crippen LogP contribution in [-0.4, -0.2) is 58.3 Å². The molecule has 1 aliphatic rings. The molecule has 0 radical (unpaired) electrons. The Balaban J connectivity index is 1.94. The number of methoxy groups -OCH3 is 1. The smallest absolute Gasteiger partial charge is 0.227 e. The van der Waals surface area contributed by atoms with Gasteiger partial charge in [0.05, 0.1) is 18.0 Å². The highest BCUT2D eigenvalue weighted by molar-refractivity contribution is 6.31. The molecule has 0 unspecified atom stereocenters. The van der Waals surface area contributed by atoms with Crippen molar-refractivity contribution < 1.29 is 9.53 Å². The van der Waals surface area contributed by atoms with E-state index in [1.165, 1.54) is 0 Å². The van der Waals surface area contributed by atoms with Crippen LogP contribution in [0.4, 0.5) is 11.4 Å². The van der Waals surface area contributed by atoms with Gasteiger partial charge in [0, 0.05) is 38.7 Å². The Kier molecular flexibility index (Phi) is 6.69. The predicted octanol–water partition coefficient (Wildman–Crippen LogP) is 2.70. The second kappa shape index (κ2) is 8.52. The number of hydrogen-bond donors (Lipinski definition) is 1. The SMILES string of the molecule is COCCN1CCC(C(=O)Nc2cc(Cl)ccc2N(C)C)CC1. The van der Waals surface area contributed by atoms with Crippen molar-refractivity contribution >= 4 is 28.9 Å². The first kappa shape index (κ1) is 18.0. The lowest BCUT2D eigenvalue weighted by molar-refractivity contribution is -0.121. The number of likely N-dealkylation sites (tertiary alicyclic amines) is 1. The first-order valence-corrected chi connectivity index (χ1v) is 8.38. The zero-order chi connectivity index (χ0) is 16.8. The predicted molar refractivity (Wildman–Crippen MR) is 95.4 cm³/mol. The molecule has 1 aromatic carbocycles. The summed E-state index contributed by atoms with van der Waals surface area (Å²) in [6, 6.07) is 5.56. The number of hydrogen-bond acceptors (Lipinski definition) is 4. The van der Waals surface area contributed by atoms with Crippen LogP contribution in [0, 0.1) is 5.92 Å². The van der Waals surface area contributed by atoms with E-state index in [1.54, 1.807) is 7.11 Å². The van der Waals surface area contributed by atoms with E-state index in [-0.39, 0.29) is 11.8 Å². The maximum Gasteiger partial charge on any atom is 0.227 e. The van der Waals surface area contributed by atoms with Gasteiger partial charge < -0.3 is 19.9 Å². The molecule has 1 amide bonds. The van der Waals surface area contributed by atoms with E-state index >= 15 is 0 Å². The number of halogens is 1. The van der Waals surface area contributed by atoms with Crippen molar-refractivity contribution in [3.63, 3.8) is 0 Å². The van der Waals surface area contributed by atoms with E-state index in [0.717, 1.165) is 50.5 Å². The zero-order valence-corrected chi connectivity index (χ0v) is 14.9. The van der Waals surface area contributed by atoms with Crippen LogP contribution in [-0.2, 0) is 9.53 Å². The van der Waals surface area contributed by atoms with Crippen LogP contribution in [0.3, 0.4) is 0 Å². The van der Waals surface area contributed by atoms with E-state index in [0.29, 0.717) is 5.02 Å². The lowest BCUT2D eigenvalue weighted by atomic mass is 9.96. The highest BCUT2D eigenvalue weighted by Gasteiger charge is 2.25. The summed E-state index contributed by atoms with van der Waals surface area (Å²) >= 11 is 6.07. The van der Waals surface area contributed by atoms with E-state index in [9.17, 15) is 4.79 Å². The molecule has 1 saturated heterocycles. The summed E-state index contributed by atoms with van der Waals surface area (Å²) in [4.78, 5) is 16.9. The van der Waals surface area contributed by atoms with Crippen LogP contribution >= 0.6 is 11.6 Å². The summed E-state index contributed by atoms with van der Waals surface area (Å²) in [7, 11) is 5.62. The Bertz CT molecular complexity index is 529. The monoisotopic (exact) mass is 339 g/mol. The molecule has 2 rings (SSSR count). The van der Waals surface area contributed by atoms with Gasteiger partial charge in [-0.05, 0) is 44.1 Å². The molecular weight excluding hydrogens is 314 g/mol. The molecule has 0 spiro atoms. The van der Waals surface area contributed by atoms with Gasteiger partial charge in [0.1, 0.15) is 0 Å². The average Bonchev–Trinajstić information content (AvgIpc) is 2.53. The van der Waals surface area contributed by atoms with Crippen LogP contribution in [0.5, 0.6) is 0 Å². The third kappa shape index (κ3) is 5.09. The van der Waals surface area contributed by atoms with Crippen molar-refractivity contribution in [1.82, 2.24) is 4.90 Å². The summed E-state index contributed by atoms with van der Waals surface area (Å²) in [6.45, 7) is 3.56. The van der Waals surface area contributed by atoms with Crippen molar-refractivity contribution in [2.75, 3.05) is 57.7 Å². The van der Waals surface area contributed by atoms with E-state index < -0.39 is 0 Å². The number of benzene rings is 1. The Morgan fingerprint density at radius 2 is 2.09 bits per heavy atom. The van der Waals surface area contributed by atoms with Gasteiger partial charge in [-0.1, -0.05) is 11.6 Å². The fourth-order valence-electron chi connectivity index (χ4n) is 2.87. The van der Waals surface area contributed by atoms with Gasteiger partial charge in [-0.2, -0.15) is 0 Å². The lowest BCUT2D eigenvalue weighted by Gasteiger charge is -2.31. The molecule has 0 saturated carbocycles. The summed E-state index contributed by atoms with van der Waals surface area (Å²) in [5, 5.41) is 3.68. The van der Waals surface area contributed by atoms with E-state index in [1.807, 2.05) is 37.2 Å². The average molecular weight is 340 g/mol. The highest BCUT2D eigenvalue weighted by Crippen LogP contribution is 2.29. The minimum atomic E-state index is 0.0581. The van der Waals surface area contributed by atoms with Gasteiger partial charge in [0.15, 0.2) is 0 Å². The molecule has 5 nitrogen and oxygen atoms in total. The van der Waals surface area contributed by atoms with E-state index in [4.69, 9.17) is 16.3 Å². The lowest BCUT2D eigenvalue weighted by Crippen LogP contribution is -2.39. The van der Waals surface area contributed by atoms with Crippen molar-refractivity contribution in [3.05, 3.63) is 23.2 Å². The molecule has 1 heterocycles. The Labute approximate surface area is 143 Å². The van der Waals surface area contributed by atoms with Crippen LogP contribution in [0.25, 0.3) is 0 Å². The maximum absolute atomic E-state index is 12.6. The first-order chi connectivity index (χ1) is 11.0. The Hall–Kier alpha value is -1.30. The number of anilines is 2. The summed E-state index contributed by atoms with van der Waals surface area (Å²) in [6.07, 6.45) is 1.76. The van der Waals surface area contributed by atoms with Gasteiger partial charge in [-0.15, -0.1) is 0 Å². The molecule has 1 fully saturated rings. The van der Waals surface area contributed by atoms with Crippen LogP contribution in [0.2, 0.25) is 5.02 Å². The number of carbonyl (C=O) groups excluding carboxylic acids is 1. The fourth-order valence-corrected chi connectivity index (χ4v) is 3.04. The molecule has 1 aromatic rings. The van der Waals surface area contributed by atoms with Crippen molar-refractivity contribution in [2.24, 2.45) is 5.92 Å². The normalized spacial score (nSPS) is 16.3. The van der Waals surface area contributed by atoms with Gasteiger partial charge in [0.2, 0.25) is 5.91 Å². The molecule has 0 atom stereocenters. The maximum atomic E-state index is 12.6. The third-order valence-electron chi connectivity index (χ3n) is 4.27. The molecule has 0 aromatic heterocycles. The van der Waals surface area contributed by atoms with Gasteiger partial charge in [-0.25, -0.2) is 0 Å². The summed E-state index contributed by atoms with van der Waals surface area (Å²) in [5.74, 6) is 0.143. The Morgan fingerprint density at radius 1 is 1.39 bits per heavy atom. The summed E-state index contributed by atoms with van der Waals surface area (Å²) in [5.41, 5.74) is 1.73. The number of nitrogens with one attached hydrogen (secondary N) is 1. The van der Waals surface area contributed by atoms with Gasteiger partial charge in [-0.3, -0.25) is 4.79 Å². The Morgan fingerprint density at radius 3 is 2.70 bits per heavy atom. The molecule has 6 heteroatoms. The molecule has 23 heavy (non-hydrogen) atoms. The van der Waals surface area contributed by atoms with Crippen LogP contribution in [0.1, 0.15) is 12.8 Å². The zero-order valence-electron chi connectivity index (χ0n) is 14.1. The number of ether oxygens (including phenoxy) is 1. The van der Waals surface area contributed by atoms with Crippen LogP contribution < -0.4 is 10.2 Å². The number of rotatable bonds is 6. The minimum Gasteiger partial charge on any atom is -0.383 e. The first-order valence-electron chi connectivity index (χ1n) is 8.00. The molecule has 1 aliphatic heterocycles. The van der Waals surface area contributed by atoms with E-state index in [2.05, 4.69) is 10.2 Å². The van der Waals surface area contributed by atoms with Gasteiger partial charge in [0.25, 0.3) is 0 Å². The minimum absolute atomic E-state index is 0.0581. The molecule has 0 aliphatic carbocycles. The number of amides is 1. The van der Waals surface area contributed by atoms with Crippen LogP contribution in [0.15, 0.2) is 18.2 Å². The second-order valence-corrected chi connectivity index (χ2v) is 6.59. The second-order valence-electron chi connectivity index (χ2n) is 6.15. The molecule has 128 valence electrons. The quantitative estimate of drug-likeness (QED) is 0.865. The topological polar surface area (TPSA) is 44.8 Å². The standard InChI is InChI=1S/C17H26ClN3O2/c1-20(2)16-5-4-14(18)12-15(16)19-17(22)13-6-8-21(9-7-13)10-11-23-3/h4-5,12-13H,6-11H2,1-3H3,(H,19,22). The number of nitrogens with zero attached hydrogens (tertiary/aromatic N) is 2. The largest absolute Gasteiger partial charge is 0.383 e. The van der Waals surface area contributed by atoms with Crippen molar-refractivity contribution in [3.8, 4) is 0 Å². The summed E-state index contributed by atoms with van der Waals surface area (Å²) < 4.78 is 5.11. The molecule has 0 bridgehead atoms. The number of carbonyl (C=O) groups is 1. The number of piperidine rings is 1. The third-order valence-corrected chi connectivity index (χ3v) is 4.50. The fraction of sp³-hybridized carbons (Fsp3) is 0.588. The molecule has 1 N–H and O–H groups in total. The molecular formula is C17H26ClN3O2. The van der Waals surface area contributed by atoms with Crippen molar-refractivity contribution in [1.29, 1.82) is 0 Å². The van der Waals surface area contributed by atoms with Gasteiger partial charge >= 0.3 is 0 Å².